The second kappa shape index (κ2) is 28.6. The number of aliphatic hydroxyl groups excluding tert-OH is 2. The van der Waals surface area contributed by atoms with Gasteiger partial charge in [-0.15, -0.1) is 93.5 Å². The Labute approximate surface area is 485 Å². The van der Waals surface area contributed by atoms with E-state index in [9.17, 15) is 9.59 Å². The predicted molar refractivity (Wildman–Crippen MR) is 314 cm³/mol. The molecule has 77 heavy (non-hydrogen) atoms. The Kier molecular flexibility index (Phi) is 21.8. The Morgan fingerprint density at radius 1 is 0.442 bits per heavy atom. The van der Waals surface area contributed by atoms with Crippen LogP contribution >= 0.6 is 22.7 Å². The fourth-order valence-corrected chi connectivity index (χ4v) is 10.8. The molecule has 0 bridgehead atoms. The van der Waals surface area contributed by atoms with Gasteiger partial charge in [0.05, 0.1) is 20.9 Å². The summed E-state index contributed by atoms with van der Waals surface area (Å²) in [6.07, 6.45) is 6.34. The van der Waals surface area contributed by atoms with E-state index in [-0.39, 0.29) is 63.3 Å². The van der Waals surface area contributed by atoms with Crippen molar-refractivity contribution in [2.45, 2.75) is 34.6 Å². The predicted octanol–water partition coefficient (Wildman–Crippen LogP) is 18.2. The number of aryl methyl sites for hydroxylation is 1. The molecule has 4 aromatic heterocycles. The smallest absolute Gasteiger partial charge is 0.155 e. The van der Waals surface area contributed by atoms with Crippen LogP contribution in [0.15, 0.2) is 236 Å². The van der Waals surface area contributed by atoms with Crippen molar-refractivity contribution in [2.24, 2.45) is 0 Å². The molecule has 7 aromatic carbocycles. The first-order chi connectivity index (χ1) is 36.4. The van der Waals surface area contributed by atoms with Gasteiger partial charge < -0.3 is 20.2 Å². The summed E-state index contributed by atoms with van der Waals surface area (Å²) in [4.78, 5) is 32.2. The zero-order valence-corrected chi connectivity index (χ0v) is 49.4. The van der Waals surface area contributed by atoms with Gasteiger partial charge in [-0.25, -0.2) is 0 Å². The zero-order chi connectivity index (χ0) is 52.7. The fourth-order valence-electron chi connectivity index (χ4n) is 8.41. The van der Waals surface area contributed by atoms with Crippen LogP contribution in [0.5, 0.6) is 0 Å². The largest absolute Gasteiger partial charge is 0.512 e. The van der Waals surface area contributed by atoms with Crippen molar-refractivity contribution in [2.75, 3.05) is 0 Å². The monoisotopic (exact) mass is 1400 g/mol. The SMILES string of the molecule is CC(=O)C=C(C)O.CC(=O)C=C(C)O.Cc1c(-c2ccccc2)sc2cnc(-c3[c-]ccc(-c4ccccc4)c3)cc12.[Ir].[Ir].[c-]1ccc(-c2ccccc2)cc1-c1cc2c(-c3ccccc3)c(-c3ccccc3)sc2cn1. The van der Waals surface area contributed by atoms with E-state index in [2.05, 4.69) is 195 Å². The number of ketones is 2. The van der Waals surface area contributed by atoms with Crippen molar-refractivity contribution in [3.05, 3.63) is 254 Å². The van der Waals surface area contributed by atoms with Crippen molar-refractivity contribution in [1.29, 1.82) is 0 Å². The minimum Gasteiger partial charge on any atom is -0.512 e. The quantitative estimate of drug-likeness (QED) is 0.0848. The topological polar surface area (TPSA) is 100 Å². The third-order valence-electron chi connectivity index (χ3n) is 11.7. The average molecular weight is 1400 g/mol. The number of rotatable bonds is 9. The van der Waals surface area contributed by atoms with Crippen LogP contribution in [0.1, 0.15) is 33.3 Å². The number of thiophene rings is 2. The first-order valence-electron chi connectivity index (χ1n) is 24.3. The molecule has 0 unspecified atom stereocenters. The van der Waals surface area contributed by atoms with E-state index in [0.717, 1.165) is 22.5 Å². The number of carbonyl (C=O) groups is 2. The van der Waals surface area contributed by atoms with Gasteiger partial charge in [-0.05, 0) is 90.2 Å². The van der Waals surface area contributed by atoms with Crippen LogP contribution in [-0.2, 0) is 49.8 Å². The number of pyridine rings is 2. The number of benzene rings is 7. The summed E-state index contributed by atoms with van der Waals surface area (Å²) in [5, 5.41) is 19.2. The summed E-state index contributed by atoms with van der Waals surface area (Å²) in [5.41, 5.74) is 15.0. The fraction of sp³-hybridized carbons (Fsp3) is 0.0746. The van der Waals surface area contributed by atoms with Gasteiger partial charge in [0.1, 0.15) is 0 Å². The number of carbonyl (C=O) groups excluding carboxylic acids is 2. The summed E-state index contributed by atoms with van der Waals surface area (Å²) < 4.78 is 2.41. The first kappa shape index (κ1) is 58.7. The van der Waals surface area contributed by atoms with Crippen molar-refractivity contribution in [3.63, 3.8) is 0 Å². The van der Waals surface area contributed by atoms with Crippen molar-refractivity contribution in [1.82, 2.24) is 9.97 Å². The van der Waals surface area contributed by atoms with Gasteiger partial charge in [-0.1, -0.05) is 164 Å². The standard InChI is InChI=1S/C31H20NS.C26H18NS.2C5H8O2.2Ir/c1-4-11-22(12-5-1)25-17-10-18-26(19-25)28-20-27-29(21-32-28)33-31(24-15-8-3-9-16-24)30(27)23-13-6-2-7-14-23;1-18-23-16-24(22-14-8-13-21(15-22)19-9-4-2-5-10-19)27-17-25(23)28-26(18)20-11-6-3-7-12-20;2*1-4(6)3-5(2)7;;/h1-17,19-21H;2-13,15-17H,1H3;2*3,6H,1-2H3;;/q2*-1;;;;. The number of aromatic nitrogens is 2. The van der Waals surface area contributed by atoms with Crippen LogP contribution in [0.4, 0.5) is 0 Å². The molecule has 0 aliphatic heterocycles. The minimum absolute atomic E-state index is 0. The second-order valence-corrected chi connectivity index (χ2v) is 19.7. The van der Waals surface area contributed by atoms with Gasteiger partial charge in [-0.2, -0.15) is 0 Å². The van der Waals surface area contributed by atoms with Gasteiger partial charge in [0.2, 0.25) is 0 Å². The van der Waals surface area contributed by atoms with Gasteiger partial charge in [0.15, 0.2) is 11.6 Å². The molecule has 0 saturated heterocycles. The van der Waals surface area contributed by atoms with Crippen LogP contribution in [0.2, 0.25) is 0 Å². The van der Waals surface area contributed by atoms with E-state index in [4.69, 9.17) is 20.2 Å². The molecule has 11 rings (SSSR count). The molecular weight excluding hydrogens is 1350 g/mol. The van der Waals surface area contributed by atoms with E-state index in [0.29, 0.717) is 0 Å². The van der Waals surface area contributed by atoms with Gasteiger partial charge in [-0.3, -0.25) is 9.59 Å². The molecule has 11 aromatic rings. The van der Waals surface area contributed by atoms with Crippen LogP contribution in [0.25, 0.3) is 96.9 Å². The first-order valence-corrected chi connectivity index (χ1v) is 25.9. The van der Waals surface area contributed by atoms with Crippen molar-refractivity contribution in [3.8, 4) is 76.8 Å². The summed E-state index contributed by atoms with van der Waals surface area (Å²) in [6, 6.07) is 76.4. The number of hydrogen-bond donors (Lipinski definition) is 2. The van der Waals surface area contributed by atoms with E-state index in [1.165, 1.54) is 120 Å². The van der Waals surface area contributed by atoms with Crippen LogP contribution < -0.4 is 0 Å². The number of nitrogens with zero attached hydrogens (tertiary/aromatic N) is 2. The number of aliphatic hydroxyl groups is 2. The van der Waals surface area contributed by atoms with Gasteiger partial charge in [0, 0.05) is 80.1 Å². The maximum Gasteiger partial charge on any atom is 0.155 e. The Morgan fingerprint density at radius 3 is 1.18 bits per heavy atom. The molecule has 0 aliphatic carbocycles. The number of hydrogen-bond acceptors (Lipinski definition) is 8. The third-order valence-corrected chi connectivity index (χ3v) is 14.2. The van der Waals surface area contributed by atoms with E-state index in [1.807, 2.05) is 48.0 Å². The minimum atomic E-state index is -0.125. The summed E-state index contributed by atoms with van der Waals surface area (Å²) in [5.74, 6) is -0.125. The Hall–Kier alpha value is -7.52. The van der Waals surface area contributed by atoms with E-state index < -0.39 is 0 Å². The Balaban J connectivity index is 0.000000198. The normalized spacial score (nSPS) is 10.8. The molecule has 0 atom stereocenters. The Bertz CT molecular complexity index is 3730. The van der Waals surface area contributed by atoms with Crippen LogP contribution in [-0.4, -0.2) is 31.7 Å². The summed E-state index contributed by atoms with van der Waals surface area (Å²) >= 11 is 3.61. The molecule has 2 radical (unpaired) electrons. The molecular formula is C67H54Ir2N2O4S2-2. The second-order valence-electron chi connectivity index (χ2n) is 17.6. The molecule has 4 heterocycles. The molecule has 0 saturated carbocycles. The molecule has 0 spiro atoms. The number of allylic oxidation sites excluding steroid dienone is 4. The van der Waals surface area contributed by atoms with Crippen molar-refractivity contribution < 1.29 is 60.0 Å². The Morgan fingerprint density at radius 2 is 0.792 bits per heavy atom. The molecule has 0 aliphatic rings. The van der Waals surface area contributed by atoms with Crippen LogP contribution in [0, 0.1) is 19.1 Å². The summed E-state index contributed by atoms with van der Waals surface area (Å²) in [6.45, 7) is 7.90. The van der Waals surface area contributed by atoms with Gasteiger partial charge in [0.25, 0.3) is 0 Å². The molecule has 6 nitrogen and oxygen atoms in total. The van der Waals surface area contributed by atoms with Gasteiger partial charge >= 0.3 is 0 Å². The van der Waals surface area contributed by atoms with Crippen LogP contribution in [0.3, 0.4) is 0 Å². The van der Waals surface area contributed by atoms with E-state index in [1.54, 1.807) is 11.3 Å². The third kappa shape index (κ3) is 15.8. The molecule has 0 amide bonds. The molecule has 2 N–H and O–H groups in total. The average Bonchev–Trinajstić information content (AvgIpc) is 4.06. The van der Waals surface area contributed by atoms with Crippen molar-refractivity contribution >= 4 is 54.4 Å². The summed E-state index contributed by atoms with van der Waals surface area (Å²) in [7, 11) is 0. The molecule has 10 heteroatoms. The molecule has 0 fully saturated rings. The zero-order valence-electron chi connectivity index (χ0n) is 43.0. The maximum absolute atomic E-state index is 10.0. The number of fused-ring (bicyclic) bond motifs is 2. The molecule has 388 valence electrons. The maximum atomic E-state index is 10.0. The van der Waals surface area contributed by atoms with E-state index >= 15 is 0 Å².